The molecule has 0 amide bonds. The van der Waals surface area contributed by atoms with E-state index < -0.39 is 35.6 Å². The summed E-state index contributed by atoms with van der Waals surface area (Å²) in [6.45, 7) is -0.552. The van der Waals surface area contributed by atoms with Crippen molar-refractivity contribution in [1.82, 2.24) is 29.9 Å². The maximum absolute atomic E-state index is 13.7. The van der Waals surface area contributed by atoms with Crippen LogP contribution in [0, 0.1) is 0 Å². The van der Waals surface area contributed by atoms with Gasteiger partial charge in [0, 0.05) is 6.07 Å². The number of para-hydroxylation sites is 1. The SMILES string of the molecule is COc1ccc(-n2ncc(C(=O)OCc3nc4ccccc4c(=O)[nH]3)c2C(F)(F)F)nn1. The van der Waals surface area contributed by atoms with E-state index >= 15 is 0 Å². The second-order valence-electron chi connectivity index (χ2n) is 6.36. The van der Waals surface area contributed by atoms with Gasteiger partial charge in [-0.1, -0.05) is 12.1 Å². The van der Waals surface area contributed by atoms with Crippen LogP contribution in [0.3, 0.4) is 0 Å². The van der Waals surface area contributed by atoms with Gasteiger partial charge in [-0.25, -0.2) is 14.5 Å². The van der Waals surface area contributed by atoms with Crippen LogP contribution in [0.2, 0.25) is 0 Å². The number of halogens is 3. The van der Waals surface area contributed by atoms with Gasteiger partial charge in [0.2, 0.25) is 5.88 Å². The number of ether oxygens (including phenoxy) is 2. The molecule has 1 N–H and O–H groups in total. The largest absolute Gasteiger partial charge is 0.480 e. The molecule has 0 atom stereocenters. The smallest absolute Gasteiger partial charge is 0.434 e. The molecule has 3 heterocycles. The molecule has 13 heteroatoms. The first kappa shape index (κ1) is 21.0. The zero-order chi connectivity index (χ0) is 22.9. The fourth-order valence-electron chi connectivity index (χ4n) is 2.89. The van der Waals surface area contributed by atoms with Crippen LogP contribution in [0.5, 0.6) is 5.88 Å². The van der Waals surface area contributed by atoms with E-state index in [1.165, 1.54) is 19.2 Å². The highest BCUT2D eigenvalue weighted by Gasteiger charge is 2.41. The Bertz CT molecular complexity index is 1350. The number of aromatic nitrogens is 6. The molecule has 0 radical (unpaired) electrons. The third-order valence-electron chi connectivity index (χ3n) is 4.31. The van der Waals surface area contributed by atoms with Crippen LogP contribution in [0.25, 0.3) is 16.7 Å². The summed E-state index contributed by atoms with van der Waals surface area (Å²) >= 11 is 0. The van der Waals surface area contributed by atoms with Crippen molar-refractivity contribution in [2.75, 3.05) is 7.11 Å². The maximum atomic E-state index is 13.7. The normalized spacial score (nSPS) is 11.5. The van der Waals surface area contributed by atoms with Crippen LogP contribution in [-0.4, -0.2) is 43.0 Å². The van der Waals surface area contributed by atoms with Crippen molar-refractivity contribution in [2.24, 2.45) is 0 Å². The van der Waals surface area contributed by atoms with E-state index in [0.29, 0.717) is 21.8 Å². The number of nitrogens with zero attached hydrogens (tertiary/aromatic N) is 5. The number of esters is 1. The number of carbonyl (C=O) groups is 1. The minimum atomic E-state index is -4.96. The molecule has 4 rings (SSSR count). The molecule has 4 aromatic rings. The van der Waals surface area contributed by atoms with E-state index in [4.69, 9.17) is 9.47 Å². The van der Waals surface area contributed by atoms with Gasteiger partial charge in [-0.15, -0.1) is 10.2 Å². The minimum absolute atomic E-state index is 0.0241. The highest BCUT2D eigenvalue weighted by molar-refractivity contribution is 5.90. The van der Waals surface area contributed by atoms with Crippen molar-refractivity contribution in [2.45, 2.75) is 12.8 Å². The van der Waals surface area contributed by atoms with Gasteiger partial charge in [-0.3, -0.25) is 4.79 Å². The summed E-state index contributed by atoms with van der Waals surface area (Å²) in [7, 11) is 1.32. The lowest BCUT2D eigenvalue weighted by Gasteiger charge is -2.12. The van der Waals surface area contributed by atoms with Gasteiger partial charge in [-0.05, 0) is 18.2 Å². The summed E-state index contributed by atoms with van der Waals surface area (Å²) < 4.78 is 51.4. The van der Waals surface area contributed by atoms with Gasteiger partial charge in [0.15, 0.2) is 11.5 Å². The Morgan fingerprint density at radius 2 is 1.94 bits per heavy atom. The van der Waals surface area contributed by atoms with Gasteiger partial charge in [0.05, 0.1) is 24.2 Å². The Labute approximate surface area is 176 Å². The summed E-state index contributed by atoms with van der Waals surface area (Å²) in [5.74, 6) is -1.52. The van der Waals surface area contributed by atoms with E-state index in [-0.39, 0.29) is 17.5 Å². The number of aromatic amines is 1. The molecule has 0 spiro atoms. The lowest BCUT2D eigenvalue weighted by atomic mass is 10.2. The average Bonchev–Trinajstić information content (AvgIpc) is 3.24. The van der Waals surface area contributed by atoms with Gasteiger partial charge in [0.25, 0.3) is 5.56 Å². The first-order chi connectivity index (χ1) is 15.3. The molecule has 0 bridgehead atoms. The standard InChI is InChI=1S/C19H13F3N6O4/c1-31-15-7-6-14(26-27-15)28-16(19(20,21)22)11(8-23-28)18(30)32-9-13-24-12-5-3-2-4-10(12)17(29)25-13/h2-8H,9H2,1H3,(H,24,25,29). The van der Waals surface area contributed by atoms with Crippen LogP contribution >= 0.6 is 0 Å². The lowest BCUT2D eigenvalue weighted by molar-refractivity contribution is -0.143. The molecule has 10 nitrogen and oxygen atoms in total. The quantitative estimate of drug-likeness (QED) is 0.463. The number of fused-ring (bicyclic) bond motifs is 1. The molecule has 0 unspecified atom stereocenters. The Morgan fingerprint density at radius 3 is 2.62 bits per heavy atom. The Kier molecular flexibility index (Phi) is 5.30. The van der Waals surface area contributed by atoms with Gasteiger partial charge >= 0.3 is 12.1 Å². The highest BCUT2D eigenvalue weighted by Crippen LogP contribution is 2.33. The predicted octanol–water partition coefficient (Wildman–Crippen LogP) is 2.28. The van der Waals surface area contributed by atoms with Crippen LogP contribution in [0.1, 0.15) is 21.9 Å². The van der Waals surface area contributed by atoms with E-state index in [1.807, 2.05) is 0 Å². The zero-order valence-electron chi connectivity index (χ0n) is 16.3. The summed E-state index contributed by atoms with van der Waals surface area (Å²) in [6.07, 6.45) is -4.24. The number of rotatable bonds is 5. The maximum Gasteiger partial charge on any atom is 0.434 e. The molecule has 3 aromatic heterocycles. The lowest BCUT2D eigenvalue weighted by Crippen LogP contribution is -2.20. The van der Waals surface area contributed by atoms with Crippen LogP contribution in [-0.2, 0) is 17.5 Å². The number of hydrogen-bond acceptors (Lipinski definition) is 8. The van der Waals surface area contributed by atoms with Crippen molar-refractivity contribution >= 4 is 16.9 Å². The number of H-pyrrole nitrogens is 1. The first-order valence-electron chi connectivity index (χ1n) is 8.96. The number of benzene rings is 1. The summed E-state index contributed by atoms with van der Waals surface area (Å²) in [4.78, 5) is 31.1. The average molecular weight is 446 g/mol. The monoisotopic (exact) mass is 446 g/mol. The van der Waals surface area contributed by atoms with E-state index in [1.54, 1.807) is 24.3 Å². The number of methoxy groups -OCH3 is 1. The summed E-state index contributed by atoms with van der Waals surface area (Å²) in [5.41, 5.74) is -2.34. The predicted molar refractivity (Wildman–Crippen MR) is 102 cm³/mol. The molecule has 0 saturated carbocycles. The van der Waals surface area contributed by atoms with Crippen molar-refractivity contribution in [3.63, 3.8) is 0 Å². The topological polar surface area (TPSA) is 125 Å². The third kappa shape index (κ3) is 3.99. The van der Waals surface area contributed by atoms with Crippen LogP contribution in [0.15, 0.2) is 47.4 Å². The summed E-state index contributed by atoms with van der Waals surface area (Å²) in [6, 6.07) is 8.95. The second kappa shape index (κ2) is 8.09. The Hall–Kier alpha value is -4.29. The van der Waals surface area contributed by atoms with Crippen LogP contribution < -0.4 is 10.3 Å². The third-order valence-corrected chi connectivity index (χ3v) is 4.31. The Morgan fingerprint density at radius 1 is 1.16 bits per heavy atom. The van der Waals surface area contributed by atoms with Gasteiger partial charge < -0.3 is 14.5 Å². The van der Waals surface area contributed by atoms with Crippen molar-refractivity contribution in [3.8, 4) is 11.7 Å². The van der Waals surface area contributed by atoms with E-state index in [0.717, 1.165) is 0 Å². The highest BCUT2D eigenvalue weighted by atomic mass is 19.4. The Balaban J connectivity index is 1.62. The summed E-state index contributed by atoms with van der Waals surface area (Å²) in [5, 5.41) is 11.2. The molecule has 1 aromatic carbocycles. The van der Waals surface area contributed by atoms with Crippen molar-refractivity contribution < 1.29 is 27.4 Å². The minimum Gasteiger partial charge on any atom is -0.480 e. The second-order valence-corrected chi connectivity index (χ2v) is 6.36. The fourth-order valence-corrected chi connectivity index (χ4v) is 2.89. The first-order valence-corrected chi connectivity index (χ1v) is 8.96. The van der Waals surface area contributed by atoms with E-state index in [2.05, 4.69) is 25.3 Å². The number of alkyl halides is 3. The molecular weight excluding hydrogens is 433 g/mol. The van der Waals surface area contributed by atoms with E-state index in [9.17, 15) is 22.8 Å². The van der Waals surface area contributed by atoms with Crippen molar-refractivity contribution in [3.05, 3.63) is 70.0 Å². The molecule has 0 saturated heterocycles. The number of hydrogen-bond donors (Lipinski definition) is 1. The zero-order valence-corrected chi connectivity index (χ0v) is 16.3. The molecule has 0 aliphatic heterocycles. The molecular formula is C19H13F3N6O4. The molecule has 164 valence electrons. The number of carbonyl (C=O) groups excluding carboxylic acids is 1. The van der Waals surface area contributed by atoms with Crippen molar-refractivity contribution in [1.29, 1.82) is 0 Å². The molecule has 0 aliphatic rings. The van der Waals surface area contributed by atoms with Gasteiger partial charge in [0.1, 0.15) is 18.0 Å². The molecule has 32 heavy (non-hydrogen) atoms. The fraction of sp³-hybridized carbons (Fsp3) is 0.158. The van der Waals surface area contributed by atoms with Crippen LogP contribution in [0.4, 0.5) is 13.2 Å². The molecule has 0 fully saturated rings. The number of nitrogens with one attached hydrogen (secondary N) is 1. The molecule has 0 aliphatic carbocycles. The van der Waals surface area contributed by atoms with Gasteiger partial charge in [-0.2, -0.15) is 18.3 Å².